The van der Waals surface area contributed by atoms with Crippen LogP contribution < -0.4 is 5.32 Å². The van der Waals surface area contributed by atoms with Crippen molar-refractivity contribution in [2.45, 2.75) is 25.7 Å². The number of aryl methyl sites for hydroxylation is 1. The van der Waals surface area contributed by atoms with Gasteiger partial charge < -0.3 is 10.1 Å². The zero-order valence-corrected chi connectivity index (χ0v) is 12.6. The molecule has 0 spiro atoms. The molecule has 2 atom stereocenters. The average molecular weight is 302 g/mol. The van der Waals surface area contributed by atoms with Gasteiger partial charge in [0.05, 0.1) is 13.0 Å². The van der Waals surface area contributed by atoms with Gasteiger partial charge >= 0.3 is 5.97 Å². The summed E-state index contributed by atoms with van der Waals surface area (Å²) >= 11 is 0. The molecule has 5 heteroatoms. The fraction of sp³-hybridized carbons (Fsp3) is 0.533. The SMILES string of the molecule is CCc1ccc(C2CNCC(C(=O)OC)C2)cc1F.Cl. The molecule has 1 aromatic carbocycles. The van der Waals surface area contributed by atoms with Gasteiger partial charge in [0.1, 0.15) is 5.82 Å². The van der Waals surface area contributed by atoms with E-state index in [0.29, 0.717) is 19.4 Å². The second-order valence-electron chi connectivity index (χ2n) is 5.02. The third-order valence-corrected chi connectivity index (χ3v) is 3.81. The zero-order chi connectivity index (χ0) is 13.8. The third kappa shape index (κ3) is 3.70. The van der Waals surface area contributed by atoms with Crippen LogP contribution in [0.2, 0.25) is 0 Å². The molecular weight excluding hydrogens is 281 g/mol. The Hall–Kier alpha value is -1.13. The minimum Gasteiger partial charge on any atom is -0.469 e. The average Bonchev–Trinajstić information content (AvgIpc) is 2.46. The van der Waals surface area contributed by atoms with Crippen molar-refractivity contribution in [1.82, 2.24) is 5.32 Å². The van der Waals surface area contributed by atoms with Gasteiger partial charge in [-0.3, -0.25) is 4.79 Å². The number of nitrogens with one attached hydrogen (secondary N) is 1. The largest absolute Gasteiger partial charge is 0.469 e. The molecule has 1 N–H and O–H groups in total. The summed E-state index contributed by atoms with van der Waals surface area (Å²) in [6, 6.07) is 5.41. The van der Waals surface area contributed by atoms with Crippen LogP contribution in [0, 0.1) is 11.7 Å². The van der Waals surface area contributed by atoms with Crippen LogP contribution in [-0.2, 0) is 16.0 Å². The summed E-state index contributed by atoms with van der Waals surface area (Å²) in [5.74, 6) is -0.320. The van der Waals surface area contributed by atoms with Crippen molar-refractivity contribution in [3.63, 3.8) is 0 Å². The fourth-order valence-corrected chi connectivity index (χ4v) is 2.65. The number of piperidine rings is 1. The van der Waals surface area contributed by atoms with Crippen LogP contribution >= 0.6 is 12.4 Å². The zero-order valence-electron chi connectivity index (χ0n) is 11.8. The van der Waals surface area contributed by atoms with Crippen molar-refractivity contribution in [3.8, 4) is 0 Å². The maximum Gasteiger partial charge on any atom is 0.309 e. The fourth-order valence-electron chi connectivity index (χ4n) is 2.65. The third-order valence-electron chi connectivity index (χ3n) is 3.81. The van der Waals surface area contributed by atoms with E-state index in [-0.39, 0.29) is 36.0 Å². The second kappa shape index (κ2) is 7.60. The number of hydrogen-bond donors (Lipinski definition) is 1. The quantitative estimate of drug-likeness (QED) is 0.872. The van der Waals surface area contributed by atoms with Crippen molar-refractivity contribution in [1.29, 1.82) is 0 Å². The Labute approximate surface area is 125 Å². The Balaban J connectivity index is 0.00000200. The first-order valence-electron chi connectivity index (χ1n) is 6.72. The summed E-state index contributed by atoms with van der Waals surface area (Å²) in [4.78, 5) is 11.6. The van der Waals surface area contributed by atoms with Gasteiger partial charge in [-0.25, -0.2) is 4.39 Å². The number of rotatable bonds is 3. The van der Waals surface area contributed by atoms with Crippen LogP contribution in [0.15, 0.2) is 18.2 Å². The van der Waals surface area contributed by atoms with Crippen molar-refractivity contribution in [3.05, 3.63) is 35.1 Å². The van der Waals surface area contributed by atoms with Gasteiger partial charge in [0, 0.05) is 13.1 Å². The molecule has 0 aromatic heterocycles. The summed E-state index contributed by atoms with van der Waals surface area (Å²) in [5.41, 5.74) is 1.69. The maximum atomic E-state index is 13.8. The molecule has 2 unspecified atom stereocenters. The van der Waals surface area contributed by atoms with Crippen LogP contribution in [0.5, 0.6) is 0 Å². The minimum atomic E-state index is -0.192. The highest BCUT2D eigenvalue weighted by molar-refractivity contribution is 5.85. The maximum absolute atomic E-state index is 13.8. The van der Waals surface area contributed by atoms with Crippen molar-refractivity contribution < 1.29 is 13.9 Å². The number of benzene rings is 1. The molecule has 1 aliphatic rings. The molecule has 1 saturated heterocycles. The first kappa shape index (κ1) is 16.9. The Bertz CT molecular complexity index is 467. The van der Waals surface area contributed by atoms with E-state index >= 15 is 0 Å². The van der Waals surface area contributed by atoms with Gasteiger partial charge in [-0.05, 0) is 36.0 Å². The van der Waals surface area contributed by atoms with Crippen LogP contribution in [0.25, 0.3) is 0 Å². The highest BCUT2D eigenvalue weighted by Crippen LogP contribution is 2.28. The van der Waals surface area contributed by atoms with E-state index < -0.39 is 0 Å². The van der Waals surface area contributed by atoms with Gasteiger partial charge in [0.2, 0.25) is 0 Å². The van der Waals surface area contributed by atoms with Gasteiger partial charge in [-0.15, -0.1) is 12.4 Å². The van der Waals surface area contributed by atoms with E-state index in [2.05, 4.69) is 5.32 Å². The van der Waals surface area contributed by atoms with E-state index in [1.54, 1.807) is 6.07 Å². The van der Waals surface area contributed by atoms with Gasteiger partial charge in [0.25, 0.3) is 0 Å². The summed E-state index contributed by atoms with van der Waals surface area (Å²) in [6.45, 7) is 3.35. The highest BCUT2D eigenvalue weighted by Gasteiger charge is 2.28. The summed E-state index contributed by atoms with van der Waals surface area (Å²) in [7, 11) is 1.40. The van der Waals surface area contributed by atoms with Gasteiger partial charge in [0.15, 0.2) is 0 Å². The summed E-state index contributed by atoms with van der Waals surface area (Å²) in [6.07, 6.45) is 1.41. The van der Waals surface area contributed by atoms with Crippen LogP contribution in [0.4, 0.5) is 4.39 Å². The first-order chi connectivity index (χ1) is 9.15. The van der Waals surface area contributed by atoms with Crippen LogP contribution in [0.1, 0.15) is 30.4 Å². The van der Waals surface area contributed by atoms with E-state index in [1.807, 2.05) is 19.1 Å². The Morgan fingerprint density at radius 3 is 2.80 bits per heavy atom. The molecule has 3 nitrogen and oxygen atoms in total. The predicted molar refractivity (Wildman–Crippen MR) is 78.8 cm³/mol. The smallest absolute Gasteiger partial charge is 0.309 e. The predicted octanol–water partition coefficient (Wildman–Crippen LogP) is 2.68. The normalized spacial score (nSPS) is 21.9. The summed E-state index contributed by atoms with van der Waals surface area (Å²) in [5, 5.41) is 3.22. The molecular formula is C15H21ClFNO2. The van der Waals surface area contributed by atoms with Gasteiger partial charge in [-0.1, -0.05) is 19.1 Å². The van der Waals surface area contributed by atoms with E-state index in [9.17, 15) is 9.18 Å². The van der Waals surface area contributed by atoms with Crippen molar-refractivity contribution in [2.24, 2.45) is 5.92 Å². The van der Waals surface area contributed by atoms with Crippen molar-refractivity contribution >= 4 is 18.4 Å². The second-order valence-corrected chi connectivity index (χ2v) is 5.02. The molecule has 0 aliphatic carbocycles. The molecule has 0 bridgehead atoms. The topological polar surface area (TPSA) is 38.3 Å². The molecule has 0 amide bonds. The monoisotopic (exact) mass is 301 g/mol. The van der Waals surface area contributed by atoms with Crippen molar-refractivity contribution in [2.75, 3.05) is 20.2 Å². The van der Waals surface area contributed by atoms with Gasteiger partial charge in [-0.2, -0.15) is 0 Å². The molecule has 1 aliphatic heterocycles. The molecule has 20 heavy (non-hydrogen) atoms. The Morgan fingerprint density at radius 2 is 2.20 bits per heavy atom. The highest BCUT2D eigenvalue weighted by atomic mass is 35.5. The number of methoxy groups -OCH3 is 1. The molecule has 2 rings (SSSR count). The molecule has 1 heterocycles. The molecule has 0 radical (unpaired) electrons. The minimum absolute atomic E-state index is 0. The van der Waals surface area contributed by atoms with E-state index in [4.69, 9.17) is 4.74 Å². The lowest BCUT2D eigenvalue weighted by molar-refractivity contribution is -0.146. The molecule has 1 fully saturated rings. The van der Waals surface area contributed by atoms with Crippen LogP contribution in [0.3, 0.4) is 0 Å². The van der Waals surface area contributed by atoms with Crippen LogP contribution in [-0.4, -0.2) is 26.2 Å². The lowest BCUT2D eigenvalue weighted by atomic mass is 9.85. The first-order valence-corrected chi connectivity index (χ1v) is 6.72. The Kier molecular flexibility index (Phi) is 6.43. The summed E-state index contributed by atoms with van der Waals surface area (Å²) < 4.78 is 18.6. The molecule has 0 saturated carbocycles. The molecule has 112 valence electrons. The standard InChI is InChI=1S/C15H20FNO2.ClH/c1-3-10-4-5-11(7-14(10)16)12-6-13(9-17-8-12)15(18)19-2;/h4-5,7,12-13,17H,3,6,8-9H2,1-2H3;1H. The van der Waals surface area contributed by atoms with E-state index in [0.717, 1.165) is 17.7 Å². The number of ether oxygens (including phenoxy) is 1. The lowest BCUT2D eigenvalue weighted by Crippen LogP contribution is -2.39. The molecule has 1 aromatic rings. The number of hydrogen-bond acceptors (Lipinski definition) is 3. The number of carbonyl (C=O) groups is 1. The number of halogens is 2. The van der Waals surface area contributed by atoms with E-state index in [1.165, 1.54) is 7.11 Å². The number of esters is 1. The lowest BCUT2D eigenvalue weighted by Gasteiger charge is -2.28. The number of carbonyl (C=O) groups excluding carboxylic acids is 1. The Morgan fingerprint density at radius 1 is 1.45 bits per heavy atom.